The zero-order valence-corrected chi connectivity index (χ0v) is 6.64. The molecule has 0 atom stereocenters. The third-order valence-corrected chi connectivity index (χ3v) is 1.90. The SMILES string of the molecule is N#Cc1c[nH]n2c(S)c(F)nc12. The molecule has 0 bridgehead atoms. The smallest absolute Gasteiger partial charge is 0.247 e. The molecule has 0 saturated heterocycles. The molecule has 4 nitrogen and oxygen atoms in total. The Morgan fingerprint density at radius 1 is 1.75 bits per heavy atom. The number of hydrogen-bond acceptors (Lipinski definition) is 3. The fourth-order valence-electron chi connectivity index (χ4n) is 0.964. The summed E-state index contributed by atoms with van der Waals surface area (Å²) < 4.78 is 14.0. The fraction of sp³-hybridized carbons (Fsp3) is 0. The van der Waals surface area contributed by atoms with Gasteiger partial charge in [0.15, 0.2) is 5.65 Å². The van der Waals surface area contributed by atoms with E-state index in [2.05, 4.69) is 22.7 Å². The second kappa shape index (κ2) is 2.25. The summed E-state index contributed by atoms with van der Waals surface area (Å²) in [7, 11) is 0. The molecule has 2 aromatic heterocycles. The average molecular weight is 182 g/mol. The van der Waals surface area contributed by atoms with Crippen LogP contribution >= 0.6 is 12.6 Å². The minimum atomic E-state index is -0.679. The first kappa shape index (κ1) is 7.18. The lowest BCUT2D eigenvalue weighted by Gasteiger charge is -1.83. The highest BCUT2D eigenvalue weighted by molar-refractivity contribution is 7.80. The van der Waals surface area contributed by atoms with Crippen molar-refractivity contribution >= 4 is 18.3 Å². The minimum absolute atomic E-state index is 0.0755. The molecule has 0 spiro atoms. The number of thiol groups is 1. The maximum absolute atomic E-state index is 12.7. The molecule has 2 aromatic rings. The zero-order valence-electron chi connectivity index (χ0n) is 5.74. The first-order valence-electron chi connectivity index (χ1n) is 3.08. The van der Waals surface area contributed by atoms with Crippen LogP contribution in [0.2, 0.25) is 0 Å². The summed E-state index contributed by atoms with van der Waals surface area (Å²) in [5, 5.41) is 11.3. The number of fused-ring (bicyclic) bond motifs is 1. The van der Waals surface area contributed by atoms with E-state index >= 15 is 0 Å². The number of H-pyrrole nitrogens is 1. The van der Waals surface area contributed by atoms with E-state index in [0.29, 0.717) is 5.56 Å². The summed E-state index contributed by atoms with van der Waals surface area (Å²) in [6.07, 6.45) is 1.45. The van der Waals surface area contributed by atoms with Gasteiger partial charge in [0, 0.05) is 6.20 Å². The lowest BCUT2D eigenvalue weighted by molar-refractivity contribution is 0.558. The van der Waals surface area contributed by atoms with Gasteiger partial charge in [-0.2, -0.15) is 14.6 Å². The number of hydrogen-bond donors (Lipinski definition) is 2. The van der Waals surface area contributed by atoms with Crippen molar-refractivity contribution in [3.05, 3.63) is 17.7 Å². The van der Waals surface area contributed by atoms with Crippen molar-refractivity contribution in [2.75, 3.05) is 0 Å². The third-order valence-electron chi connectivity index (χ3n) is 1.51. The molecule has 0 aromatic carbocycles. The van der Waals surface area contributed by atoms with E-state index in [1.807, 2.05) is 6.07 Å². The molecule has 2 heterocycles. The fourth-order valence-corrected chi connectivity index (χ4v) is 1.17. The van der Waals surface area contributed by atoms with Crippen molar-refractivity contribution in [2.45, 2.75) is 5.03 Å². The molecule has 6 heteroatoms. The highest BCUT2D eigenvalue weighted by atomic mass is 32.1. The Kier molecular flexibility index (Phi) is 1.35. The number of rotatable bonds is 0. The molecule has 0 amide bonds. The van der Waals surface area contributed by atoms with Gasteiger partial charge in [-0.3, -0.25) is 5.10 Å². The first-order valence-corrected chi connectivity index (χ1v) is 3.53. The van der Waals surface area contributed by atoms with E-state index in [1.54, 1.807) is 0 Å². The monoisotopic (exact) mass is 182 g/mol. The van der Waals surface area contributed by atoms with E-state index in [-0.39, 0.29) is 10.7 Å². The second-order valence-electron chi connectivity index (χ2n) is 2.18. The normalized spacial score (nSPS) is 10.4. The largest absolute Gasteiger partial charge is 0.298 e. The molecular weight excluding hydrogens is 179 g/mol. The number of aromatic amines is 1. The van der Waals surface area contributed by atoms with Gasteiger partial charge in [0.25, 0.3) is 0 Å². The second-order valence-corrected chi connectivity index (χ2v) is 2.61. The topological polar surface area (TPSA) is 56.9 Å². The van der Waals surface area contributed by atoms with Gasteiger partial charge in [-0.05, 0) is 0 Å². The number of nitrogens with zero attached hydrogens (tertiary/aromatic N) is 3. The number of imidazole rings is 1. The van der Waals surface area contributed by atoms with Crippen molar-refractivity contribution in [1.29, 1.82) is 5.26 Å². The van der Waals surface area contributed by atoms with Gasteiger partial charge in [-0.15, -0.1) is 12.6 Å². The summed E-state index contributed by atoms with van der Waals surface area (Å²) in [5.41, 5.74) is 0.564. The van der Waals surface area contributed by atoms with Crippen LogP contribution in [0.3, 0.4) is 0 Å². The van der Waals surface area contributed by atoms with Crippen LogP contribution in [0.25, 0.3) is 5.65 Å². The predicted molar refractivity (Wildman–Crippen MR) is 41.5 cm³/mol. The molecule has 1 N–H and O–H groups in total. The van der Waals surface area contributed by atoms with Crippen molar-refractivity contribution in [2.24, 2.45) is 0 Å². The van der Waals surface area contributed by atoms with Gasteiger partial charge in [-0.1, -0.05) is 0 Å². The summed E-state index contributed by atoms with van der Waals surface area (Å²) >= 11 is 3.85. The zero-order chi connectivity index (χ0) is 8.72. The van der Waals surface area contributed by atoms with Gasteiger partial charge < -0.3 is 0 Å². The standard InChI is InChI=1S/C6H3FN4S/c7-4-6(12)11-5(10-4)3(1-8)2-9-11/h2,9,12H. The van der Waals surface area contributed by atoms with Crippen LogP contribution in [0.4, 0.5) is 4.39 Å². The molecular formula is C6H3FN4S. The highest BCUT2D eigenvalue weighted by Crippen LogP contribution is 2.16. The summed E-state index contributed by atoms with van der Waals surface area (Å²) in [6, 6.07) is 1.88. The summed E-state index contributed by atoms with van der Waals surface area (Å²) in [5.74, 6) is -0.679. The molecule has 0 fully saturated rings. The number of aromatic nitrogens is 3. The number of halogens is 1. The van der Waals surface area contributed by atoms with Crippen LogP contribution in [-0.2, 0) is 0 Å². The van der Waals surface area contributed by atoms with Gasteiger partial charge >= 0.3 is 0 Å². The lowest BCUT2D eigenvalue weighted by Crippen LogP contribution is -1.82. The first-order chi connectivity index (χ1) is 5.74. The Morgan fingerprint density at radius 2 is 2.50 bits per heavy atom. The molecule has 2 rings (SSSR count). The maximum atomic E-state index is 12.7. The molecule has 0 aliphatic carbocycles. The highest BCUT2D eigenvalue weighted by Gasteiger charge is 2.12. The molecule has 0 saturated carbocycles. The minimum Gasteiger partial charge on any atom is -0.298 e. The van der Waals surface area contributed by atoms with Crippen molar-refractivity contribution < 1.29 is 4.39 Å². The van der Waals surface area contributed by atoms with Gasteiger partial charge in [0.05, 0.1) is 0 Å². The Morgan fingerprint density at radius 3 is 3.17 bits per heavy atom. The van der Waals surface area contributed by atoms with Gasteiger partial charge in [0.2, 0.25) is 5.95 Å². The van der Waals surface area contributed by atoms with Crippen LogP contribution in [0.1, 0.15) is 5.56 Å². The number of nitrogens with one attached hydrogen (secondary N) is 1. The van der Waals surface area contributed by atoms with Crippen LogP contribution in [0.5, 0.6) is 0 Å². The Hall–Kier alpha value is -1.48. The van der Waals surface area contributed by atoms with Crippen molar-refractivity contribution in [1.82, 2.24) is 14.6 Å². The number of nitriles is 1. The van der Waals surface area contributed by atoms with E-state index in [9.17, 15) is 4.39 Å². The molecule has 0 radical (unpaired) electrons. The van der Waals surface area contributed by atoms with Gasteiger partial charge in [-0.25, -0.2) is 4.52 Å². The van der Waals surface area contributed by atoms with Crippen LogP contribution < -0.4 is 0 Å². The van der Waals surface area contributed by atoms with Crippen LogP contribution in [-0.4, -0.2) is 14.6 Å². The predicted octanol–water partition coefficient (Wildman–Crippen LogP) is 0.962. The van der Waals surface area contributed by atoms with Gasteiger partial charge in [0.1, 0.15) is 16.7 Å². The van der Waals surface area contributed by atoms with E-state index in [4.69, 9.17) is 5.26 Å². The van der Waals surface area contributed by atoms with E-state index in [1.165, 1.54) is 10.7 Å². The molecule has 12 heavy (non-hydrogen) atoms. The Balaban J connectivity index is 2.91. The quantitative estimate of drug-likeness (QED) is 0.596. The maximum Gasteiger partial charge on any atom is 0.247 e. The molecule has 0 unspecified atom stereocenters. The van der Waals surface area contributed by atoms with Crippen LogP contribution in [0.15, 0.2) is 11.2 Å². The molecule has 0 aliphatic rings. The van der Waals surface area contributed by atoms with E-state index in [0.717, 1.165) is 0 Å². The average Bonchev–Trinajstić information content (AvgIpc) is 2.55. The third kappa shape index (κ3) is 0.740. The summed E-state index contributed by atoms with van der Waals surface area (Å²) in [4.78, 5) is 3.51. The molecule has 0 aliphatic heterocycles. The van der Waals surface area contributed by atoms with Crippen LogP contribution in [0, 0.1) is 17.3 Å². The summed E-state index contributed by atoms with van der Waals surface area (Å²) in [6.45, 7) is 0. The molecule has 60 valence electrons. The Bertz CT molecular complexity index is 477. The van der Waals surface area contributed by atoms with Crippen molar-refractivity contribution in [3.63, 3.8) is 0 Å². The lowest BCUT2D eigenvalue weighted by atomic mass is 10.4. The van der Waals surface area contributed by atoms with E-state index < -0.39 is 5.95 Å². The Labute approximate surface area is 72.0 Å². The van der Waals surface area contributed by atoms with Crippen molar-refractivity contribution in [3.8, 4) is 6.07 Å².